The van der Waals surface area contributed by atoms with Crippen LogP contribution in [-0.2, 0) is 22.3 Å². The Morgan fingerprint density at radius 2 is 1.93 bits per heavy atom. The standard InChI is InChI=1S/C18H15ClF4N4O2/c19-12-6-10(27-13-2-1-9(20)5-11(13)18(21,22)23)7-25-14(12)8-26-16(29)17(3-4-17)15(24)28/h1-2,5-7,27H,3-4,8H2,(H2,24,28)(H,26,29). The van der Waals surface area contributed by atoms with Crippen molar-refractivity contribution in [1.82, 2.24) is 10.3 Å². The maximum absolute atomic E-state index is 13.2. The first kappa shape index (κ1) is 20.8. The maximum atomic E-state index is 13.2. The van der Waals surface area contributed by atoms with E-state index in [4.69, 9.17) is 17.3 Å². The van der Waals surface area contributed by atoms with Crippen LogP contribution in [0.3, 0.4) is 0 Å². The molecule has 0 radical (unpaired) electrons. The number of alkyl halides is 3. The van der Waals surface area contributed by atoms with Crippen molar-refractivity contribution in [3.8, 4) is 0 Å². The lowest BCUT2D eigenvalue weighted by molar-refractivity contribution is -0.137. The highest BCUT2D eigenvalue weighted by Gasteiger charge is 2.55. The van der Waals surface area contributed by atoms with Crippen molar-refractivity contribution in [2.24, 2.45) is 11.1 Å². The molecule has 0 atom stereocenters. The smallest absolute Gasteiger partial charge is 0.369 e. The molecule has 1 heterocycles. The number of aromatic nitrogens is 1. The summed E-state index contributed by atoms with van der Waals surface area (Å²) in [7, 11) is 0. The molecule has 1 fully saturated rings. The fourth-order valence-corrected chi connectivity index (χ4v) is 2.96. The summed E-state index contributed by atoms with van der Waals surface area (Å²) in [6.07, 6.45) is -2.79. The van der Waals surface area contributed by atoms with E-state index in [0.29, 0.717) is 18.9 Å². The Bertz CT molecular complexity index is 977. The van der Waals surface area contributed by atoms with E-state index in [1.165, 1.54) is 12.3 Å². The van der Waals surface area contributed by atoms with Gasteiger partial charge in [-0.05, 0) is 37.1 Å². The van der Waals surface area contributed by atoms with Crippen LogP contribution in [0, 0.1) is 11.2 Å². The SMILES string of the molecule is NC(=O)C1(C(=O)NCc2ncc(Nc3ccc(F)cc3C(F)(F)F)cc2Cl)CC1. The lowest BCUT2D eigenvalue weighted by atomic mass is 10.1. The Morgan fingerprint density at radius 3 is 2.48 bits per heavy atom. The number of benzene rings is 1. The van der Waals surface area contributed by atoms with Gasteiger partial charge >= 0.3 is 6.18 Å². The largest absolute Gasteiger partial charge is 0.418 e. The maximum Gasteiger partial charge on any atom is 0.418 e. The molecule has 1 aliphatic rings. The van der Waals surface area contributed by atoms with Gasteiger partial charge in [-0.3, -0.25) is 14.6 Å². The highest BCUT2D eigenvalue weighted by atomic mass is 35.5. The molecule has 3 rings (SSSR count). The van der Waals surface area contributed by atoms with Gasteiger partial charge in [-0.25, -0.2) is 4.39 Å². The fraction of sp³-hybridized carbons (Fsp3) is 0.278. The third kappa shape index (κ3) is 4.42. The molecular formula is C18H15ClF4N4O2. The molecule has 1 saturated carbocycles. The zero-order chi connectivity index (χ0) is 21.4. The van der Waals surface area contributed by atoms with Crippen LogP contribution in [0.5, 0.6) is 0 Å². The van der Waals surface area contributed by atoms with Crippen LogP contribution in [-0.4, -0.2) is 16.8 Å². The number of carbonyl (C=O) groups is 2. The first-order valence-electron chi connectivity index (χ1n) is 8.39. The molecule has 154 valence electrons. The fourth-order valence-electron chi connectivity index (χ4n) is 2.72. The van der Waals surface area contributed by atoms with Crippen molar-refractivity contribution in [3.05, 3.63) is 52.6 Å². The normalized spacial score (nSPS) is 14.9. The Labute approximate surface area is 167 Å². The number of hydrogen-bond donors (Lipinski definition) is 3. The molecule has 2 aromatic rings. The first-order chi connectivity index (χ1) is 13.5. The number of rotatable bonds is 6. The summed E-state index contributed by atoms with van der Waals surface area (Å²) < 4.78 is 52.5. The van der Waals surface area contributed by atoms with Crippen molar-refractivity contribution in [3.63, 3.8) is 0 Å². The number of halogens is 5. The van der Waals surface area contributed by atoms with Crippen LogP contribution in [0.25, 0.3) is 0 Å². The summed E-state index contributed by atoms with van der Waals surface area (Å²) in [5, 5.41) is 5.12. The van der Waals surface area contributed by atoms with E-state index >= 15 is 0 Å². The zero-order valence-corrected chi connectivity index (χ0v) is 15.5. The molecule has 1 aromatic carbocycles. The number of pyridine rings is 1. The molecule has 1 aliphatic carbocycles. The molecule has 0 unspecified atom stereocenters. The van der Waals surface area contributed by atoms with Gasteiger partial charge in [0.05, 0.1) is 40.4 Å². The minimum absolute atomic E-state index is 0.0786. The average molecular weight is 431 g/mol. The molecule has 6 nitrogen and oxygen atoms in total. The van der Waals surface area contributed by atoms with Gasteiger partial charge in [-0.2, -0.15) is 13.2 Å². The monoisotopic (exact) mass is 430 g/mol. The molecule has 2 amide bonds. The van der Waals surface area contributed by atoms with Crippen LogP contribution in [0.2, 0.25) is 5.02 Å². The summed E-state index contributed by atoms with van der Waals surface area (Å²) in [6, 6.07) is 3.55. The minimum Gasteiger partial charge on any atom is -0.369 e. The minimum atomic E-state index is -4.76. The van der Waals surface area contributed by atoms with E-state index in [0.717, 1.165) is 12.1 Å². The van der Waals surface area contributed by atoms with E-state index in [9.17, 15) is 27.2 Å². The quantitative estimate of drug-likeness (QED) is 0.482. The number of nitrogens with one attached hydrogen (secondary N) is 2. The first-order valence-corrected chi connectivity index (χ1v) is 8.77. The molecule has 1 aromatic heterocycles. The van der Waals surface area contributed by atoms with Gasteiger partial charge < -0.3 is 16.4 Å². The predicted molar refractivity (Wildman–Crippen MR) is 96.6 cm³/mol. The summed E-state index contributed by atoms with van der Waals surface area (Å²) in [6.45, 7) is -0.0860. The van der Waals surface area contributed by atoms with Crippen molar-refractivity contribution in [1.29, 1.82) is 0 Å². The molecule has 0 bridgehead atoms. The second kappa shape index (κ2) is 7.51. The number of carbonyl (C=O) groups excluding carboxylic acids is 2. The number of nitrogens with two attached hydrogens (primary N) is 1. The highest BCUT2D eigenvalue weighted by Crippen LogP contribution is 2.45. The highest BCUT2D eigenvalue weighted by molar-refractivity contribution is 6.31. The van der Waals surface area contributed by atoms with E-state index in [1.807, 2.05) is 0 Å². The zero-order valence-electron chi connectivity index (χ0n) is 14.7. The van der Waals surface area contributed by atoms with Gasteiger partial charge in [0, 0.05) is 0 Å². The van der Waals surface area contributed by atoms with E-state index in [1.54, 1.807) is 0 Å². The molecule has 11 heteroatoms. The molecule has 4 N–H and O–H groups in total. The van der Waals surface area contributed by atoms with Gasteiger partial charge in [-0.15, -0.1) is 0 Å². The third-order valence-corrected chi connectivity index (χ3v) is 4.88. The van der Waals surface area contributed by atoms with Crippen LogP contribution in [0.4, 0.5) is 28.9 Å². The van der Waals surface area contributed by atoms with Gasteiger partial charge in [0.25, 0.3) is 0 Å². The van der Waals surface area contributed by atoms with Gasteiger partial charge in [0.1, 0.15) is 11.2 Å². The lowest BCUT2D eigenvalue weighted by Crippen LogP contribution is -2.40. The summed E-state index contributed by atoms with van der Waals surface area (Å²) >= 11 is 6.10. The number of amides is 2. The predicted octanol–water partition coefficient (Wildman–Crippen LogP) is 3.52. The van der Waals surface area contributed by atoms with Crippen LogP contribution < -0.4 is 16.4 Å². The summed E-state index contributed by atoms with van der Waals surface area (Å²) in [4.78, 5) is 27.5. The molecular weight excluding hydrogens is 416 g/mol. The number of nitrogens with zero attached hydrogens (tertiary/aromatic N) is 1. The Kier molecular flexibility index (Phi) is 5.40. The van der Waals surface area contributed by atoms with Gasteiger partial charge in [0.2, 0.25) is 11.8 Å². The van der Waals surface area contributed by atoms with Crippen molar-refractivity contribution < 1.29 is 27.2 Å². The lowest BCUT2D eigenvalue weighted by Gasteiger charge is -2.15. The summed E-state index contributed by atoms with van der Waals surface area (Å²) in [5.41, 5.74) is 2.88. The molecule has 0 spiro atoms. The summed E-state index contributed by atoms with van der Waals surface area (Å²) in [5.74, 6) is -2.24. The third-order valence-electron chi connectivity index (χ3n) is 4.56. The number of hydrogen-bond acceptors (Lipinski definition) is 4. The second-order valence-electron chi connectivity index (χ2n) is 6.59. The van der Waals surface area contributed by atoms with Gasteiger partial charge in [-0.1, -0.05) is 11.6 Å². The Balaban J connectivity index is 1.72. The second-order valence-corrected chi connectivity index (χ2v) is 7.00. The van der Waals surface area contributed by atoms with Crippen LogP contribution in [0.1, 0.15) is 24.1 Å². The number of anilines is 2. The Hall–Kier alpha value is -2.88. The van der Waals surface area contributed by atoms with Crippen LogP contribution >= 0.6 is 11.6 Å². The molecule has 0 aliphatic heterocycles. The van der Waals surface area contributed by atoms with Crippen LogP contribution in [0.15, 0.2) is 30.5 Å². The van der Waals surface area contributed by atoms with Gasteiger partial charge in [0.15, 0.2) is 0 Å². The molecule has 29 heavy (non-hydrogen) atoms. The van der Waals surface area contributed by atoms with Crippen molar-refractivity contribution in [2.45, 2.75) is 25.6 Å². The molecule has 0 saturated heterocycles. The van der Waals surface area contributed by atoms with Crippen molar-refractivity contribution in [2.75, 3.05) is 5.32 Å². The van der Waals surface area contributed by atoms with E-state index < -0.39 is 34.8 Å². The van der Waals surface area contributed by atoms with Crippen molar-refractivity contribution >= 4 is 34.8 Å². The number of primary amides is 1. The topological polar surface area (TPSA) is 97.1 Å². The van der Waals surface area contributed by atoms with E-state index in [2.05, 4.69) is 15.6 Å². The van der Waals surface area contributed by atoms with E-state index in [-0.39, 0.29) is 28.6 Å². The average Bonchev–Trinajstić information content (AvgIpc) is 3.43. The Morgan fingerprint density at radius 1 is 1.24 bits per heavy atom.